The van der Waals surface area contributed by atoms with Crippen molar-refractivity contribution >= 4 is 17.8 Å². The minimum absolute atomic E-state index is 0.0345. The van der Waals surface area contributed by atoms with E-state index in [9.17, 15) is 19.5 Å². The van der Waals surface area contributed by atoms with Crippen molar-refractivity contribution in [3.05, 3.63) is 83.9 Å². The normalized spacial score (nSPS) is 20.9. The van der Waals surface area contributed by atoms with E-state index in [-0.39, 0.29) is 61.8 Å². The summed E-state index contributed by atoms with van der Waals surface area (Å²) in [6.07, 6.45) is 7.44. The molecule has 2 N–H and O–H groups in total. The second kappa shape index (κ2) is 16.6. The Labute approximate surface area is 238 Å². The highest BCUT2D eigenvalue weighted by Gasteiger charge is 2.29. The number of cyclic esters (lactones) is 1. The van der Waals surface area contributed by atoms with Crippen molar-refractivity contribution in [2.75, 3.05) is 19.8 Å². The van der Waals surface area contributed by atoms with Gasteiger partial charge in [0.05, 0.1) is 24.5 Å². The van der Waals surface area contributed by atoms with Gasteiger partial charge in [0.1, 0.15) is 6.61 Å². The number of carbonyl (C=O) groups excluding carboxylic acids is 3. The van der Waals surface area contributed by atoms with Gasteiger partial charge in [-0.2, -0.15) is 0 Å². The van der Waals surface area contributed by atoms with Crippen LogP contribution in [0.5, 0.6) is 0 Å². The maximum Gasteiger partial charge on any atom is 0.309 e. The molecule has 0 saturated heterocycles. The number of hydrogen-bond donors (Lipinski definition) is 2. The van der Waals surface area contributed by atoms with E-state index in [4.69, 9.17) is 4.74 Å². The van der Waals surface area contributed by atoms with Crippen molar-refractivity contribution in [2.24, 2.45) is 17.8 Å². The summed E-state index contributed by atoms with van der Waals surface area (Å²) in [7, 11) is 0. The van der Waals surface area contributed by atoms with Crippen LogP contribution in [0.4, 0.5) is 0 Å². The quantitative estimate of drug-likeness (QED) is 0.350. The van der Waals surface area contributed by atoms with Crippen LogP contribution in [0.3, 0.4) is 0 Å². The maximum absolute atomic E-state index is 13.5. The third-order valence-corrected chi connectivity index (χ3v) is 7.44. The molecule has 0 radical (unpaired) electrons. The van der Waals surface area contributed by atoms with Gasteiger partial charge >= 0.3 is 5.97 Å². The lowest BCUT2D eigenvalue weighted by Crippen LogP contribution is -2.46. The van der Waals surface area contributed by atoms with Crippen molar-refractivity contribution in [3.63, 3.8) is 0 Å². The van der Waals surface area contributed by atoms with Crippen molar-refractivity contribution in [1.29, 1.82) is 0 Å². The fourth-order valence-corrected chi connectivity index (χ4v) is 4.89. The Morgan fingerprint density at radius 3 is 2.33 bits per heavy atom. The Bertz CT molecular complexity index is 1090. The number of allylic oxidation sites excluding steroid dienone is 2. The summed E-state index contributed by atoms with van der Waals surface area (Å²) in [5, 5.41) is 12.6. The fourth-order valence-electron chi connectivity index (χ4n) is 4.89. The van der Waals surface area contributed by atoms with Gasteiger partial charge in [-0.1, -0.05) is 86.7 Å². The van der Waals surface area contributed by atoms with E-state index in [2.05, 4.69) is 5.32 Å². The summed E-state index contributed by atoms with van der Waals surface area (Å²) < 4.78 is 5.77. The number of ether oxygens (including phenoxy) is 1. The van der Waals surface area contributed by atoms with Crippen molar-refractivity contribution < 1.29 is 24.2 Å². The predicted octanol–water partition coefficient (Wildman–Crippen LogP) is 4.69. The molecule has 3 atom stereocenters. The zero-order valence-electron chi connectivity index (χ0n) is 23.8. The molecule has 3 rings (SSSR count). The first-order valence-electron chi connectivity index (χ1n) is 14.5. The van der Waals surface area contributed by atoms with E-state index in [0.717, 1.165) is 24.0 Å². The molecule has 0 aromatic heterocycles. The van der Waals surface area contributed by atoms with Gasteiger partial charge in [0.15, 0.2) is 0 Å². The average Bonchev–Trinajstić information content (AvgIpc) is 2.95. The van der Waals surface area contributed by atoms with Gasteiger partial charge in [-0.15, -0.1) is 0 Å². The van der Waals surface area contributed by atoms with Gasteiger partial charge in [-0.3, -0.25) is 14.4 Å². The van der Waals surface area contributed by atoms with E-state index in [0.29, 0.717) is 25.8 Å². The number of nitrogens with zero attached hydrogens (tertiary/aromatic N) is 1. The molecule has 0 unspecified atom stereocenters. The summed E-state index contributed by atoms with van der Waals surface area (Å²) >= 11 is 0. The molecule has 2 aromatic carbocycles. The third kappa shape index (κ3) is 10.3. The molecule has 40 heavy (non-hydrogen) atoms. The third-order valence-electron chi connectivity index (χ3n) is 7.44. The van der Waals surface area contributed by atoms with Crippen LogP contribution < -0.4 is 5.32 Å². The second-order valence-electron chi connectivity index (χ2n) is 10.9. The number of aliphatic hydroxyl groups excluding tert-OH is 1. The Kier molecular flexibility index (Phi) is 12.9. The molecular weight excluding hydrogens is 504 g/mol. The highest BCUT2D eigenvalue weighted by Crippen LogP contribution is 2.20. The fraction of sp³-hybridized carbons (Fsp3) is 0.485. The average molecular weight is 549 g/mol. The van der Waals surface area contributed by atoms with Crippen LogP contribution in [0.15, 0.2) is 72.8 Å². The number of rotatable bonds is 9. The van der Waals surface area contributed by atoms with Gasteiger partial charge in [0.25, 0.3) is 0 Å². The second-order valence-corrected chi connectivity index (χ2v) is 10.9. The van der Waals surface area contributed by atoms with Crippen LogP contribution in [0, 0.1) is 17.8 Å². The summed E-state index contributed by atoms with van der Waals surface area (Å²) in [5.74, 6) is -1.41. The molecule has 7 nitrogen and oxygen atoms in total. The number of nitrogens with one attached hydrogen (secondary N) is 1. The number of amides is 2. The zero-order chi connectivity index (χ0) is 28.7. The minimum Gasteiger partial charge on any atom is -0.463 e. The smallest absolute Gasteiger partial charge is 0.309 e. The molecule has 0 aliphatic carbocycles. The predicted molar refractivity (Wildman–Crippen MR) is 156 cm³/mol. The Morgan fingerprint density at radius 2 is 1.68 bits per heavy atom. The summed E-state index contributed by atoms with van der Waals surface area (Å²) in [6, 6.07) is 19.2. The van der Waals surface area contributed by atoms with Crippen molar-refractivity contribution in [2.45, 2.75) is 65.0 Å². The highest BCUT2D eigenvalue weighted by molar-refractivity contribution is 5.86. The molecule has 1 aliphatic heterocycles. The lowest BCUT2D eigenvalue weighted by molar-refractivity contribution is -0.150. The summed E-state index contributed by atoms with van der Waals surface area (Å²) in [5.41, 5.74) is 2.07. The first kappa shape index (κ1) is 31.1. The number of carbonyl (C=O) groups is 3. The lowest BCUT2D eigenvalue weighted by Gasteiger charge is -2.27. The molecule has 0 spiro atoms. The van der Waals surface area contributed by atoms with Gasteiger partial charge in [0, 0.05) is 19.5 Å². The molecule has 2 amide bonds. The van der Waals surface area contributed by atoms with Crippen molar-refractivity contribution in [1.82, 2.24) is 10.2 Å². The Hall–Kier alpha value is -3.45. The first-order chi connectivity index (χ1) is 19.4. The van der Waals surface area contributed by atoms with Crippen LogP contribution in [-0.4, -0.2) is 53.6 Å². The Morgan fingerprint density at radius 1 is 1.00 bits per heavy atom. The molecule has 1 heterocycles. The van der Waals surface area contributed by atoms with Gasteiger partial charge < -0.3 is 20.1 Å². The number of aliphatic hydroxyl groups is 1. The first-order valence-corrected chi connectivity index (χ1v) is 14.5. The monoisotopic (exact) mass is 548 g/mol. The molecule has 1 aliphatic rings. The topological polar surface area (TPSA) is 95.9 Å². The Balaban J connectivity index is 1.72. The zero-order valence-corrected chi connectivity index (χ0v) is 23.8. The van der Waals surface area contributed by atoms with Crippen LogP contribution >= 0.6 is 0 Å². The number of hydrogen-bond acceptors (Lipinski definition) is 5. The number of esters is 1. The summed E-state index contributed by atoms with van der Waals surface area (Å²) in [6.45, 7) is 4.47. The molecule has 0 bridgehead atoms. The van der Waals surface area contributed by atoms with Crippen LogP contribution in [0.25, 0.3) is 0 Å². The molecule has 0 fully saturated rings. The lowest BCUT2D eigenvalue weighted by atomic mass is 9.93. The number of benzene rings is 2. The van der Waals surface area contributed by atoms with E-state index in [1.54, 1.807) is 4.90 Å². The highest BCUT2D eigenvalue weighted by atomic mass is 16.5. The van der Waals surface area contributed by atoms with Crippen molar-refractivity contribution in [3.8, 4) is 0 Å². The SMILES string of the molecule is CC(C)[C@H]1COC(=O)[C@@H](Cc2ccccc2)CCCC=CC[C@H](CC(=O)N(CCO)Cc2ccccc2)C(=O)N1. The van der Waals surface area contributed by atoms with Crippen LogP contribution in [0.2, 0.25) is 0 Å². The standard InChI is InChI=1S/C33H44N2O5/c1-25(2)30-24-40-33(39)29(21-26-13-7-5-8-14-26)18-12-4-3-11-17-28(32(38)34-30)22-31(37)35(19-20-36)23-27-15-9-6-10-16-27/h3,5-11,13-16,25,28-30,36H,4,12,17-24H2,1-2H3,(H,34,38)/t28-,29-,30-/m1/s1. The van der Waals surface area contributed by atoms with Gasteiger partial charge in [-0.25, -0.2) is 0 Å². The summed E-state index contributed by atoms with van der Waals surface area (Å²) in [4.78, 5) is 41.5. The molecule has 2 aromatic rings. The minimum atomic E-state index is -0.563. The van der Waals surface area contributed by atoms with Crippen LogP contribution in [-0.2, 0) is 32.1 Å². The van der Waals surface area contributed by atoms with Gasteiger partial charge in [-0.05, 0) is 49.1 Å². The van der Waals surface area contributed by atoms with Gasteiger partial charge in [0.2, 0.25) is 11.8 Å². The van der Waals surface area contributed by atoms with E-state index in [1.807, 2.05) is 86.7 Å². The van der Waals surface area contributed by atoms with E-state index < -0.39 is 5.92 Å². The van der Waals surface area contributed by atoms with Crippen LogP contribution in [0.1, 0.15) is 57.1 Å². The maximum atomic E-state index is 13.5. The van der Waals surface area contributed by atoms with E-state index >= 15 is 0 Å². The molecular formula is C33H44N2O5. The molecule has 7 heteroatoms. The molecule has 0 saturated carbocycles. The largest absolute Gasteiger partial charge is 0.463 e. The van der Waals surface area contributed by atoms with E-state index in [1.165, 1.54) is 0 Å². The molecule has 216 valence electrons.